The summed E-state index contributed by atoms with van der Waals surface area (Å²) in [6.45, 7) is 5.89. The van der Waals surface area contributed by atoms with E-state index in [0.717, 1.165) is 12.8 Å². The van der Waals surface area contributed by atoms with Crippen LogP contribution in [0.2, 0.25) is 0 Å². The number of nitrogens with one attached hydrogen (secondary N) is 2. The van der Waals surface area contributed by atoms with Crippen molar-refractivity contribution in [3.8, 4) is 0 Å². The Hall–Kier alpha value is -0.970. The summed E-state index contributed by atoms with van der Waals surface area (Å²) >= 11 is 4.81. The minimum Gasteiger partial charge on any atom is -0.302 e. The lowest BCUT2D eigenvalue weighted by atomic mass is 9.69. The quantitative estimate of drug-likeness (QED) is 0.578. The average molecular weight is 242 g/mol. The summed E-state index contributed by atoms with van der Waals surface area (Å²) in [5.41, 5.74) is -0.953. The van der Waals surface area contributed by atoms with Crippen LogP contribution in [-0.4, -0.2) is 16.9 Å². The molecule has 0 aliphatic carbocycles. The van der Waals surface area contributed by atoms with Crippen molar-refractivity contribution in [3.05, 3.63) is 0 Å². The maximum atomic E-state index is 12.1. The van der Waals surface area contributed by atoms with Gasteiger partial charge >= 0.3 is 0 Å². The van der Waals surface area contributed by atoms with Gasteiger partial charge in [-0.25, -0.2) is 0 Å². The summed E-state index contributed by atoms with van der Waals surface area (Å²) < 4.78 is 0. The van der Waals surface area contributed by atoms with Crippen LogP contribution in [0.15, 0.2) is 0 Å². The highest BCUT2D eigenvalue weighted by molar-refractivity contribution is 7.80. The van der Waals surface area contributed by atoms with Gasteiger partial charge in [-0.15, -0.1) is 0 Å². The summed E-state index contributed by atoms with van der Waals surface area (Å²) in [6, 6.07) is 0. The number of carbonyl (C=O) groups excluding carboxylic acids is 2. The molecule has 1 rings (SSSR count). The van der Waals surface area contributed by atoms with Crippen molar-refractivity contribution in [2.75, 3.05) is 0 Å². The van der Waals surface area contributed by atoms with E-state index in [1.165, 1.54) is 0 Å². The van der Waals surface area contributed by atoms with E-state index < -0.39 is 5.41 Å². The molecule has 0 saturated carbocycles. The average Bonchev–Trinajstić information content (AvgIpc) is 2.22. The summed E-state index contributed by atoms with van der Waals surface area (Å²) in [5.74, 6) is -0.495. The van der Waals surface area contributed by atoms with Gasteiger partial charge in [0, 0.05) is 0 Å². The lowest BCUT2D eigenvalue weighted by Crippen LogP contribution is -2.64. The number of carbonyl (C=O) groups is 2. The minimum absolute atomic E-state index is 0.00977. The first-order chi connectivity index (χ1) is 7.48. The molecule has 90 valence electrons. The summed E-state index contributed by atoms with van der Waals surface area (Å²) in [5, 5.41) is 5.24. The zero-order chi connectivity index (χ0) is 12.3. The lowest BCUT2D eigenvalue weighted by Gasteiger charge is -2.39. The first-order valence-corrected chi connectivity index (χ1v) is 6.06. The molecule has 1 atom stereocenters. The topological polar surface area (TPSA) is 58.2 Å². The second-order valence-corrected chi connectivity index (χ2v) is 4.68. The SMILES string of the molecule is CCCC1(C(C)CC)C(=O)NC(=S)NC1=O. The fraction of sp³-hybridized carbons (Fsp3) is 0.727. The maximum absolute atomic E-state index is 12.1. The van der Waals surface area contributed by atoms with Gasteiger partial charge in [-0.05, 0) is 24.6 Å². The van der Waals surface area contributed by atoms with Crippen molar-refractivity contribution in [1.29, 1.82) is 0 Å². The summed E-state index contributed by atoms with van der Waals surface area (Å²) in [6.07, 6.45) is 2.13. The van der Waals surface area contributed by atoms with Crippen LogP contribution in [0.3, 0.4) is 0 Å². The molecule has 1 fully saturated rings. The van der Waals surface area contributed by atoms with Crippen LogP contribution in [0.1, 0.15) is 40.0 Å². The molecule has 1 unspecified atom stereocenters. The second kappa shape index (κ2) is 4.91. The Bertz CT molecular complexity index is 308. The predicted octanol–water partition coefficient (Wildman–Crippen LogP) is 1.35. The molecule has 16 heavy (non-hydrogen) atoms. The van der Waals surface area contributed by atoms with Gasteiger partial charge in [-0.1, -0.05) is 33.6 Å². The molecule has 0 bridgehead atoms. The van der Waals surface area contributed by atoms with Crippen LogP contribution in [0.25, 0.3) is 0 Å². The number of hydrogen-bond donors (Lipinski definition) is 2. The van der Waals surface area contributed by atoms with Crippen molar-refractivity contribution >= 4 is 29.1 Å². The smallest absolute Gasteiger partial charge is 0.242 e. The molecule has 0 aromatic carbocycles. The molecule has 2 N–H and O–H groups in total. The highest BCUT2D eigenvalue weighted by atomic mass is 32.1. The van der Waals surface area contributed by atoms with E-state index in [9.17, 15) is 9.59 Å². The molecule has 1 aliphatic rings. The highest BCUT2D eigenvalue weighted by Gasteiger charge is 2.51. The van der Waals surface area contributed by atoms with Crippen molar-refractivity contribution in [2.24, 2.45) is 11.3 Å². The molecule has 4 nitrogen and oxygen atoms in total. The van der Waals surface area contributed by atoms with Gasteiger partial charge < -0.3 is 10.6 Å². The number of hydrogen-bond acceptors (Lipinski definition) is 3. The van der Waals surface area contributed by atoms with Gasteiger partial charge in [0.2, 0.25) is 11.8 Å². The number of amides is 2. The molecule has 5 heteroatoms. The minimum atomic E-state index is -0.953. The molecule has 1 saturated heterocycles. The zero-order valence-corrected chi connectivity index (χ0v) is 10.7. The van der Waals surface area contributed by atoms with Gasteiger partial charge in [0.15, 0.2) is 5.11 Å². The van der Waals surface area contributed by atoms with Crippen LogP contribution >= 0.6 is 12.2 Å². The monoisotopic (exact) mass is 242 g/mol. The first kappa shape index (κ1) is 13.1. The van der Waals surface area contributed by atoms with Crippen LogP contribution < -0.4 is 10.6 Å². The molecule has 1 aliphatic heterocycles. The van der Waals surface area contributed by atoms with Gasteiger partial charge in [0.1, 0.15) is 5.41 Å². The molecular weight excluding hydrogens is 224 g/mol. The molecule has 1 heterocycles. The third-order valence-corrected chi connectivity index (χ3v) is 3.57. The third-order valence-electron chi connectivity index (χ3n) is 3.36. The van der Waals surface area contributed by atoms with Crippen molar-refractivity contribution in [3.63, 3.8) is 0 Å². The second-order valence-electron chi connectivity index (χ2n) is 4.27. The molecular formula is C11H18N2O2S. The Labute approximate surface area is 101 Å². The van der Waals surface area contributed by atoms with Crippen molar-refractivity contribution in [2.45, 2.75) is 40.0 Å². The van der Waals surface area contributed by atoms with E-state index in [-0.39, 0.29) is 22.8 Å². The Morgan fingerprint density at radius 2 is 1.75 bits per heavy atom. The first-order valence-electron chi connectivity index (χ1n) is 5.65. The standard InChI is InChI=1S/C11H18N2O2S/c1-4-6-11(7(3)5-2)8(14)12-10(16)13-9(11)15/h7H,4-6H2,1-3H3,(H2,12,13,14,15,16). The molecule has 0 aromatic rings. The van der Waals surface area contributed by atoms with Crippen LogP contribution in [-0.2, 0) is 9.59 Å². The molecule has 0 spiro atoms. The Balaban J connectivity index is 3.11. The number of rotatable bonds is 4. The van der Waals surface area contributed by atoms with Gasteiger partial charge in [0.25, 0.3) is 0 Å². The van der Waals surface area contributed by atoms with E-state index in [1.54, 1.807) is 0 Å². The van der Waals surface area contributed by atoms with Crippen LogP contribution in [0.4, 0.5) is 0 Å². The van der Waals surface area contributed by atoms with Crippen LogP contribution in [0, 0.1) is 11.3 Å². The third kappa shape index (κ3) is 1.96. The normalized spacial score (nSPS) is 21.3. The molecule has 0 radical (unpaired) electrons. The fourth-order valence-corrected chi connectivity index (χ4v) is 2.41. The fourth-order valence-electron chi connectivity index (χ4n) is 2.23. The van der Waals surface area contributed by atoms with Crippen molar-refractivity contribution in [1.82, 2.24) is 10.6 Å². The predicted molar refractivity (Wildman–Crippen MR) is 65.7 cm³/mol. The highest BCUT2D eigenvalue weighted by Crippen LogP contribution is 2.37. The van der Waals surface area contributed by atoms with Gasteiger partial charge in [0.05, 0.1) is 0 Å². The Morgan fingerprint density at radius 1 is 1.25 bits per heavy atom. The summed E-state index contributed by atoms with van der Waals surface area (Å²) in [7, 11) is 0. The van der Waals surface area contributed by atoms with E-state index in [2.05, 4.69) is 10.6 Å². The largest absolute Gasteiger partial charge is 0.302 e. The van der Waals surface area contributed by atoms with E-state index in [1.807, 2.05) is 20.8 Å². The zero-order valence-electron chi connectivity index (χ0n) is 9.92. The Morgan fingerprint density at radius 3 is 2.12 bits per heavy atom. The maximum Gasteiger partial charge on any atom is 0.242 e. The Kier molecular flexibility index (Phi) is 4.02. The van der Waals surface area contributed by atoms with Gasteiger partial charge in [-0.3, -0.25) is 9.59 Å². The van der Waals surface area contributed by atoms with Crippen molar-refractivity contribution < 1.29 is 9.59 Å². The van der Waals surface area contributed by atoms with Gasteiger partial charge in [-0.2, -0.15) is 0 Å². The van der Waals surface area contributed by atoms with E-state index in [0.29, 0.717) is 6.42 Å². The summed E-state index contributed by atoms with van der Waals surface area (Å²) in [4.78, 5) is 24.1. The van der Waals surface area contributed by atoms with Crippen LogP contribution in [0.5, 0.6) is 0 Å². The number of thiocarbonyl (C=S) groups is 1. The molecule has 0 aromatic heterocycles. The van der Waals surface area contributed by atoms with E-state index in [4.69, 9.17) is 12.2 Å². The van der Waals surface area contributed by atoms with E-state index >= 15 is 0 Å². The lowest BCUT2D eigenvalue weighted by molar-refractivity contribution is -0.148. The molecule has 2 amide bonds.